The second-order valence-corrected chi connectivity index (χ2v) is 6.00. The highest BCUT2D eigenvalue weighted by atomic mass is 19.1. The Kier molecular flexibility index (Phi) is 5.61. The largest absolute Gasteiger partial charge is 0.452 e. The van der Waals surface area contributed by atoms with Crippen LogP contribution in [0.4, 0.5) is 10.1 Å². The van der Waals surface area contributed by atoms with Crippen LogP contribution in [0.15, 0.2) is 72.8 Å². The molecule has 3 aromatic carbocycles. The highest BCUT2D eigenvalue weighted by molar-refractivity contribution is 5.98. The Hall–Kier alpha value is -3.47. The van der Waals surface area contributed by atoms with E-state index in [0.717, 1.165) is 17.2 Å². The molecule has 3 aromatic rings. The summed E-state index contributed by atoms with van der Waals surface area (Å²) in [5.74, 6) is -1.72. The van der Waals surface area contributed by atoms with Crippen LogP contribution in [0.3, 0.4) is 0 Å². The van der Waals surface area contributed by atoms with Crippen molar-refractivity contribution in [3.8, 4) is 11.1 Å². The van der Waals surface area contributed by atoms with E-state index in [1.54, 1.807) is 13.0 Å². The van der Waals surface area contributed by atoms with Crippen molar-refractivity contribution in [3.63, 3.8) is 0 Å². The molecule has 0 radical (unpaired) electrons. The van der Waals surface area contributed by atoms with Gasteiger partial charge in [-0.1, -0.05) is 54.6 Å². The molecule has 0 bridgehead atoms. The first-order valence-corrected chi connectivity index (χ1v) is 8.42. The van der Waals surface area contributed by atoms with E-state index >= 15 is 0 Å². The van der Waals surface area contributed by atoms with Crippen molar-refractivity contribution in [2.24, 2.45) is 0 Å². The summed E-state index contributed by atoms with van der Waals surface area (Å²) in [5.41, 5.74) is 2.93. The number of esters is 1. The quantitative estimate of drug-likeness (QED) is 0.674. The lowest BCUT2D eigenvalue weighted by Crippen LogP contribution is -2.21. The molecule has 0 heterocycles. The number of hydrogen-bond donors (Lipinski definition) is 1. The van der Waals surface area contributed by atoms with Crippen LogP contribution in [0.2, 0.25) is 0 Å². The van der Waals surface area contributed by atoms with Gasteiger partial charge >= 0.3 is 5.97 Å². The molecule has 0 saturated heterocycles. The molecular formula is C22H18FNO3. The molecule has 3 rings (SSSR count). The first kappa shape index (κ1) is 18.3. The molecule has 5 heteroatoms. The number of para-hydroxylation sites is 1. The van der Waals surface area contributed by atoms with Gasteiger partial charge < -0.3 is 10.1 Å². The summed E-state index contributed by atoms with van der Waals surface area (Å²) < 4.78 is 18.5. The number of aryl methyl sites for hydroxylation is 1. The Morgan fingerprint density at radius 3 is 2.41 bits per heavy atom. The van der Waals surface area contributed by atoms with Gasteiger partial charge in [-0.25, -0.2) is 9.18 Å². The van der Waals surface area contributed by atoms with E-state index in [1.165, 1.54) is 12.1 Å². The zero-order chi connectivity index (χ0) is 19.2. The normalized spacial score (nSPS) is 10.3. The molecule has 1 amide bonds. The number of amides is 1. The molecule has 0 saturated carbocycles. The zero-order valence-corrected chi connectivity index (χ0v) is 14.7. The maximum Gasteiger partial charge on any atom is 0.338 e. The van der Waals surface area contributed by atoms with Gasteiger partial charge in [0, 0.05) is 11.3 Å². The highest BCUT2D eigenvalue weighted by Gasteiger charge is 2.13. The van der Waals surface area contributed by atoms with E-state index in [-0.39, 0.29) is 5.56 Å². The van der Waals surface area contributed by atoms with Gasteiger partial charge in [-0.2, -0.15) is 0 Å². The van der Waals surface area contributed by atoms with Gasteiger partial charge in [-0.3, -0.25) is 4.79 Å². The van der Waals surface area contributed by atoms with Crippen molar-refractivity contribution in [1.82, 2.24) is 0 Å². The molecule has 0 aromatic heterocycles. The number of ether oxygens (including phenoxy) is 1. The van der Waals surface area contributed by atoms with Crippen LogP contribution in [0, 0.1) is 12.7 Å². The third-order valence-electron chi connectivity index (χ3n) is 4.03. The summed E-state index contributed by atoms with van der Waals surface area (Å²) >= 11 is 0. The second kappa shape index (κ2) is 8.27. The standard InChI is InChI=1S/C22H18FNO3/c1-15-11-12-17(13-19(15)23)22(26)27-14-21(25)24-20-10-6-5-9-18(20)16-7-3-2-4-8-16/h2-13H,14H2,1H3,(H,24,25). The molecule has 0 aliphatic rings. The summed E-state index contributed by atoms with van der Waals surface area (Å²) in [4.78, 5) is 24.2. The second-order valence-electron chi connectivity index (χ2n) is 6.00. The average molecular weight is 363 g/mol. The van der Waals surface area contributed by atoms with E-state index in [0.29, 0.717) is 11.3 Å². The molecule has 0 aliphatic heterocycles. The Morgan fingerprint density at radius 2 is 1.67 bits per heavy atom. The van der Waals surface area contributed by atoms with Crippen LogP contribution < -0.4 is 5.32 Å². The van der Waals surface area contributed by atoms with Crippen molar-refractivity contribution in [2.45, 2.75) is 6.92 Å². The van der Waals surface area contributed by atoms with E-state index in [1.807, 2.05) is 48.5 Å². The summed E-state index contributed by atoms with van der Waals surface area (Å²) in [7, 11) is 0. The van der Waals surface area contributed by atoms with E-state index in [4.69, 9.17) is 4.74 Å². The van der Waals surface area contributed by atoms with Gasteiger partial charge in [0.2, 0.25) is 0 Å². The SMILES string of the molecule is Cc1ccc(C(=O)OCC(=O)Nc2ccccc2-c2ccccc2)cc1F. The minimum Gasteiger partial charge on any atom is -0.452 e. The Morgan fingerprint density at radius 1 is 0.963 bits per heavy atom. The maximum atomic E-state index is 13.5. The molecule has 0 fully saturated rings. The Balaban J connectivity index is 1.65. The molecule has 27 heavy (non-hydrogen) atoms. The Bertz CT molecular complexity index is 970. The first-order chi connectivity index (χ1) is 13.0. The summed E-state index contributed by atoms with van der Waals surface area (Å²) in [5, 5.41) is 2.75. The molecule has 0 spiro atoms. The third-order valence-corrected chi connectivity index (χ3v) is 4.03. The van der Waals surface area contributed by atoms with Crippen molar-refractivity contribution in [1.29, 1.82) is 0 Å². The molecule has 1 N–H and O–H groups in total. The summed E-state index contributed by atoms with van der Waals surface area (Å²) in [6.07, 6.45) is 0. The fraction of sp³-hybridized carbons (Fsp3) is 0.0909. The van der Waals surface area contributed by atoms with Gasteiger partial charge in [0.15, 0.2) is 6.61 Å². The third kappa shape index (κ3) is 4.58. The van der Waals surface area contributed by atoms with Crippen molar-refractivity contribution in [3.05, 3.63) is 89.7 Å². The summed E-state index contributed by atoms with van der Waals surface area (Å²) in [6.45, 7) is 1.14. The lowest BCUT2D eigenvalue weighted by Gasteiger charge is -2.11. The van der Waals surface area contributed by atoms with E-state index < -0.39 is 24.3 Å². The topological polar surface area (TPSA) is 55.4 Å². The molecule has 0 aliphatic carbocycles. The van der Waals surface area contributed by atoms with Gasteiger partial charge in [0.1, 0.15) is 5.82 Å². The monoisotopic (exact) mass is 363 g/mol. The fourth-order valence-corrected chi connectivity index (χ4v) is 2.58. The minimum atomic E-state index is -0.750. The fourth-order valence-electron chi connectivity index (χ4n) is 2.58. The zero-order valence-electron chi connectivity index (χ0n) is 14.7. The molecule has 4 nitrogen and oxygen atoms in total. The number of halogens is 1. The van der Waals surface area contributed by atoms with Crippen molar-refractivity contribution in [2.75, 3.05) is 11.9 Å². The van der Waals surface area contributed by atoms with Gasteiger partial charge in [-0.05, 0) is 36.2 Å². The van der Waals surface area contributed by atoms with E-state index in [9.17, 15) is 14.0 Å². The maximum absolute atomic E-state index is 13.5. The Labute approximate surface area is 156 Å². The smallest absolute Gasteiger partial charge is 0.338 e. The summed E-state index contributed by atoms with van der Waals surface area (Å²) in [6, 6.07) is 21.0. The highest BCUT2D eigenvalue weighted by Crippen LogP contribution is 2.27. The average Bonchev–Trinajstić information content (AvgIpc) is 2.69. The van der Waals surface area contributed by atoms with E-state index in [2.05, 4.69) is 5.32 Å². The van der Waals surface area contributed by atoms with Crippen LogP contribution in [0.25, 0.3) is 11.1 Å². The molecule has 0 unspecified atom stereocenters. The van der Waals surface area contributed by atoms with Crippen molar-refractivity contribution < 1.29 is 18.7 Å². The van der Waals surface area contributed by atoms with Crippen LogP contribution >= 0.6 is 0 Å². The number of anilines is 1. The first-order valence-electron chi connectivity index (χ1n) is 8.42. The van der Waals surface area contributed by atoms with Crippen LogP contribution in [0.1, 0.15) is 15.9 Å². The van der Waals surface area contributed by atoms with Crippen LogP contribution in [0.5, 0.6) is 0 Å². The van der Waals surface area contributed by atoms with Gasteiger partial charge in [0.05, 0.1) is 5.56 Å². The van der Waals surface area contributed by atoms with Gasteiger partial charge in [0.25, 0.3) is 5.91 Å². The molecular weight excluding hydrogens is 345 g/mol. The lowest BCUT2D eigenvalue weighted by atomic mass is 10.0. The van der Waals surface area contributed by atoms with Gasteiger partial charge in [-0.15, -0.1) is 0 Å². The number of nitrogens with one attached hydrogen (secondary N) is 1. The predicted molar refractivity (Wildman–Crippen MR) is 102 cm³/mol. The van der Waals surface area contributed by atoms with Crippen LogP contribution in [-0.2, 0) is 9.53 Å². The minimum absolute atomic E-state index is 0.0654. The lowest BCUT2D eigenvalue weighted by molar-refractivity contribution is -0.119. The number of carbonyl (C=O) groups excluding carboxylic acids is 2. The number of carbonyl (C=O) groups is 2. The number of hydrogen-bond acceptors (Lipinski definition) is 3. The van der Waals surface area contributed by atoms with Crippen LogP contribution in [-0.4, -0.2) is 18.5 Å². The van der Waals surface area contributed by atoms with Crippen molar-refractivity contribution >= 4 is 17.6 Å². The molecule has 0 atom stereocenters. The molecule has 136 valence electrons. The predicted octanol–water partition coefficient (Wildman–Crippen LogP) is 4.60. The number of benzene rings is 3. The number of rotatable bonds is 5.